The van der Waals surface area contributed by atoms with Crippen molar-refractivity contribution in [1.29, 1.82) is 0 Å². The lowest BCUT2D eigenvalue weighted by Crippen LogP contribution is -2.55. The van der Waals surface area contributed by atoms with E-state index in [0.717, 1.165) is 0 Å². The molecular weight excluding hydrogens is 424 g/mol. The van der Waals surface area contributed by atoms with E-state index in [0.29, 0.717) is 43.7 Å². The van der Waals surface area contributed by atoms with Crippen LogP contribution in [0.2, 0.25) is 0 Å². The zero-order chi connectivity index (χ0) is 18.9. The van der Waals surface area contributed by atoms with Crippen molar-refractivity contribution >= 4 is 37.9 Å². The van der Waals surface area contributed by atoms with Gasteiger partial charge in [0.25, 0.3) is 0 Å². The Hall–Kier alpha value is -1.49. The molecular formula is C16H21BrN4O4S. The van der Waals surface area contributed by atoms with Crippen molar-refractivity contribution < 1.29 is 18.0 Å². The van der Waals surface area contributed by atoms with Crippen LogP contribution in [0.15, 0.2) is 33.6 Å². The second-order valence-corrected chi connectivity index (χ2v) is 9.15. The smallest absolute Gasteiger partial charge is 0.324 e. The van der Waals surface area contributed by atoms with E-state index < -0.39 is 16.1 Å². The van der Waals surface area contributed by atoms with Gasteiger partial charge in [0.05, 0.1) is 10.9 Å². The number of carbonyl (C=O) groups is 2. The highest BCUT2D eigenvalue weighted by Gasteiger charge is 2.35. The highest BCUT2D eigenvalue weighted by atomic mass is 79.9. The van der Waals surface area contributed by atoms with Gasteiger partial charge in [0.15, 0.2) is 0 Å². The number of rotatable bonds is 4. The molecule has 0 spiro atoms. The highest BCUT2D eigenvalue weighted by Crippen LogP contribution is 2.22. The molecule has 2 aliphatic rings. The van der Waals surface area contributed by atoms with E-state index in [9.17, 15) is 18.0 Å². The first-order valence-corrected chi connectivity index (χ1v) is 10.6. The molecule has 1 atom stereocenters. The molecule has 1 aromatic carbocycles. The van der Waals surface area contributed by atoms with Crippen molar-refractivity contribution in [1.82, 2.24) is 19.4 Å². The third-order valence-corrected chi connectivity index (χ3v) is 7.12. The summed E-state index contributed by atoms with van der Waals surface area (Å²) >= 11 is 3.29. The molecule has 8 nitrogen and oxygen atoms in total. The van der Waals surface area contributed by atoms with Crippen LogP contribution in [-0.4, -0.2) is 79.8 Å². The molecule has 1 aromatic rings. The van der Waals surface area contributed by atoms with E-state index in [1.54, 1.807) is 31.2 Å². The minimum atomic E-state index is -3.56. The summed E-state index contributed by atoms with van der Waals surface area (Å²) in [5.41, 5.74) is 0. The van der Waals surface area contributed by atoms with E-state index in [1.165, 1.54) is 9.21 Å². The van der Waals surface area contributed by atoms with Crippen LogP contribution in [-0.2, 0) is 14.8 Å². The van der Waals surface area contributed by atoms with Crippen LogP contribution in [0.25, 0.3) is 0 Å². The lowest BCUT2D eigenvalue weighted by Gasteiger charge is -2.37. The quantitative estimate of drug-likeness (QED) is 0.737. The lowest BCUT2D eigenvalue weighted by molar-refractivity contribution is -0.133. The van der Waals surface area contributed by atoms with Crippen LogP contribution in [0.3, 0.4) is 0 Å². The normalized spacial score (nSPS) is 20.8. The van der Waals surface area contributed by atoms with Gasteiger partial charge in [-0.25, -0.2) is 13.2 Å². The molecule has 2 saturated heterocycles. The Labute approximate surface area is 161 Å². The number of nitrogens with one attached hydrogen (secondary N) is 1. The maximum Gasteiger partial charge on any atom is 0.324 e. The van der Waals surface area contributed by atoms with Crippen LogP contribution in [0.5, 0.6) is 0 Å². The van der Waals surface area contributed by atoms with E-state index in [1.807, 2.05) is 4.90 Å². The molecule has 142 valence electrons. The number of sulfonamides is 1. The lowest BCUT2D eigenvalue weighted by atomic mass is 10.2. The van der Waals surface area contributed by atoms with E-state index in [4.69, 9.17) is 0 Å². The molecule has 0 aromatic heterocycles. The molecule has 26 heavy (non-hydrogen) atoms. The number of imide groups is 1. The van der Waals surface area contributed by atoms with Crippen molar-refractivity contribution in [3.63, 3.8) is 0 Å². The Morgan fingerprint density at radius 1 is 1.19 bits per heavy atom. The number of benzene rings is 1. The molecule has 3 amide bonds. The van der Waals surface area contributed by atoms with Crippen LogP contribution in [0, 0.1) is 0 Å². The number of hydrogen-bond acceptors (Lipinski definition) is 5. The van der Waals surface area contributed by atoms with Gasteiger partial charge >= 0.3 is 6.03 Å². The monoisotopic (exact) mass is 444 g/mol. The zero-order valence-electron chi connectivity index (χ0n) is 14.4. The number of nitrogens with zero attached hydrogens (tertiary/aromatic N) is 3. The standard InChI is InChI=1S/C16H21BrN4O4S/c1-12(15(22)21-6-5-18-16(21)23)19-7-9-20(10-8-19)26(24,25)14-4-2-3-13(17)11-14/h2-4,11-12H,5-10H2,1H3,(H,18,23)/t12-/m1/s1. The van der Waals surface area contributed by atoms with Crippen molar-refractivity contribution in [3.05, 3.63) is 28.7 Å². The first kappa shape index (κ1) is 19.3. The van der Waals surface area contributed by atoms with Gasteiger partial charge in [0.1, 0.15) is 0 Å². The van der Waals surface area contributed by atoms with Gasteiger partial charge in [-0.05, 0) is 25.1 Å². The second kappa shape index (κ2) is 7.63. The molecule has 3 rings (SSSR count). The van der Waals surface area contributed by atoms with Crippen molar-refractivity contribution in [3.8, 4) is 0 Å². The summed E-state index contributed by atoms with van der Waals surface area (Å²) in [6.07, 6.45) is 0. The summed E-state index contributed by atoms with van der Waals surface area (Å²) in [6, 6.07) is 5.80. The van der Waals surface area contributed by atoms with Crippen LogP contribution >= 0.6 is 15.9 Å². The number of halogens is 1. The molecule has 0 unspecified atom stereocenters. The fourth-order valence-electron chi connectivity index (χ4n) is 3.17. The molecule has 0 saturated carbocycles. The number of carbonyl (C=O) groups excluding carboxylic acids is 2. The Kier molecular flexibility index (Phi) is 5.66. The predicted octanol–water partition coefficient (Wildman–Crippen LogP) is 0.696. The molecule has 0 radical (unpaired) electrons. The maximum atomic E-state index is 12.8. The molecule has 0 aliphatic carbocycles. The third-order valence-electron chi connectivity index (χ3n) is 4.74. The van der Waals surface area contributed by atoms with Crippen molar-refractivity contribution in [2.24, 2.45) is 0 Å². The van der Waals surface area contributed by atoms with E-state index >= 15 is 0 Å². The summed E-state index contributed by atoms with van der Waals surface area (Å²) < 4.78 is 27.7. The SMILES string of the molecule is C[C@H](C(=O)N1CCNC1=O)N1CCN(S(=O)(=O)c2cccc(Br)c2)CC1. The summed E-state index contributed by atoms with van der Waals surface area (Å²) in [5, 5.41) is 2.61. The topological polar surface area (TPSA) is 90.0 Å². The van der Waals surface area contributed by atoms with Gasteiger partial charge in [0.2, 0.25) is 15.9 Å². The van der Waals surface area contributed by atoms with E-state index in [-0.39, 0.29) is 16.8 Å². The Morgan fingerprint density at radius 2 is 1.88 bits per heavy atom. The predicted molar refractivity (Wildman–Crippen MR) is 99.0 cm³/mol. The Balaban J connectivity index is 1.63. The van der Waals surface area contributed by atoms with Crippen LogP contribution in [0.1, 0.15) is 6.92 Å². The summed E-state index contributed by atoms with van der Waals surface area (Å²) in [5.74, 6) is -0.247. The van der Waals surface area contributed by atoms with Gasteiger partial charge in [-0.1, -0.05) is 22.0 Å². The van der Waals surface area contributed by atoms with E-state index in [2.05, 4.69) is 21.2 Å². The minimum absolute atomic E-state index is 0.247. The van der Waals surface area contributed by atoms with Gasteiger partial charge in [0, 0.05) is 43.7 Å². The maximum absolute atomic E-state index is 12.8. The van der Waals surface area contributed by atoms with Crippen LogP contribution < -0.4 is 5.32 Å². The summed E-state index contributed by atoms with van der Waals surface area (Å²) in [7, 11) is -3.56. The third kappa shape index (κ3) is 3.78. The number of urea groups is 1. The number of hydrogen-bond donors (Lipinski definition) is 1. The zero-order valence-corrected chi connectivity index (χ0v) is 16.8. The Bertz CT molecular complexity index is 808. The molecule has 0 bridgehead atoms. The fraction of sp³-hybridized carbons (Fsp3) is 0.500. The first-order chi connectivity index (χ1) is 12.3. The van der Waals surface area contributed by atoms with Gasteiger partial charge in [-0.15, -0.1) is 0 Å². The van der Waals surface area contributed by atoms with Gasteiger partial charge in [-0.2, -0.15) is 4.31 Å². The molecule has 2 aliphatic heterocycles. The second-order valence-electron chi connectivity index (χ2n) is 6.30. The van der Waals surface area contributed by atoms with Gasteiger partial charge in [-0.3, -0.25) is 14.6 Å². The number of piperazine rings is 1. The van der Waals surface area contributed by atoms with Crippen molar-refractivity contribution in [2.45, 2.75) is 17.9 Å². The van der Waals surface area contributed by atoms with Crippen LogP contribution in [0.4, 0.5) is 4.79 Å². The number of amides is 3. The highest BCUT2D eigenvalue weighted by molar-refractivity contribution is 9.10. The largest absolute Gasteiger partial charge is 0.336 e. The average Bonchev–Trinajstić information content (AvgIpc) is 3.06. The molecule has 2 heterocycles. The summed E-state index contributed by atoms with van der Waals surface area (Å²) in [6.45, 7) is 4.09. The summed E-state index contributed by atoms with van der Waals surface area (Å²) in [4.78, 5) is 27.5. The molecule has 10 heteroatoms. The van der Waals surface area contributed by atoms with Gasteiger partial charge < -0.3 is 5.32 Å². The average molecular weight is 445 g/mol. The minimum Gasteiger partial charge on any atom is -0.336 e. The molecule has 2 fully saturated rings. The first-order valence-electron chi connectivity index (χ1n) is 8.39. The molecule has 1 N–H and O–H groups in total. The van der Waals surface area contributed by atoms with Crippen molar-refractivity contribution in [2.75, 3.05) is 39.3 Å². The Morgan fingerprint density at radius 3 is 2.46 bits per heavy atom. The fourth-order valence-corrected chi connectivity index (χ4v) is 5.19.